The second-order valence-electron chi connectivity index (χ2n) is 16.6. The molecule has 3 aliphatic rings. The van der Waals surface area contributed by atoms with Crippen LogP contribution in [0.5, 0.6) is 0 Å². The maximum absolute atomic E-state index is 13.5. The van der Waals surface area contributed by atoms with Crippen molar-refractivity contribution in [2.75, 3.05) is 0 Å². The van der Waals surface area contributed by atoms with Gasteiger partial charge in [0, 0.05) is 0 Å². The minimum absolute atomic E-state index is 0.406. The van der Waals surface area contributed by atoms with E-state index in [1.807, 2.05) is 86.6 Å². The van der Waals surface area contributed by atoms with Gasteiger partial charge < -0.3 is 18.3 Å². The van der Waals surface area contributed by atoms with E-state index in [1.165, 1.54) is 0 Å². The van der Waals surface area contributed by atoms with Gasteiger partial charge in [-0.1, -0.05) is 163 Å². The summed E-state index contributed by atoms with van der Waals surface area (Å²) in [6.07, 6.45) is -5.43. The smallest absolute Gasteiger partial charge is 0.399 e. The Kier molecular flexibility index (Phi) is 9.62. The third-order valence-corrected chi connectivity index (χ3v) is 21.7. The summed E-state index contributed by atoms with van der Waals surface area (Å²) in [5.41, 5.74) is 0. The predicted molar refractivity (Wildman–Crippen MR) is 207 cm³/mol. The molecule has 0 amide bonds. The van der Waals surface area contributed by atoms with Gasteiger partial charge in [0.05, 0.1) is 0 Å². The molecule has 0 radical (unpaired) electrons. The number of rotatable bonds is 8. The van der Waals surface area contributed by atoms with Crippen molar-refractivity contribution in [2.45, 2.75) is 108 Å². The summed E-state index contributed by atoms with van der Waals surface area (Å²) in [6, 6.07) is 41.0. The number of hydrogen-bond donors (Lipinski definition) is 0. The first-order chi connectivity index (χ1) is 24.5. The zero-order valence-electron chi connectivity index (χ0n) is 31.2. The Hall–Kier alpha value is -2.98. The van der Waals surface area contributed by atoms with E-state index in [9.17, 15) is 8.42 Å². The molecule has 7 rings (SSSR count). The van der Waals surface area contributed by atoms with Crippen molar-refractivity contribution < 1.29 is 35.1 Å². The Balaban J connectivity index is 1.42. The van der Waals surface area contributed by atoms with Crippen LogP contribution >= 0.6 is 0 Å². The van der Waals surface area contributed by atoms with Crippen LogP contribution in [0.25, 0.3) is 0 Å². The van der Waals surface area contributed by atoms with Crippen molar-refractivity contribution in [1.82, 2.24) is 0 Å². The molecule has 6 atom stereocenters. The predicted octanol–water partition coefficient (Wildman–Crippen LogP) is 5.44. The van der Waals surface area contributed by atoms with Crippen molar-refractivity contribution in [3.63, 3.8) is 0 Å². The van der Waals surface area contributed by atoms with Crippen LogP contribution in [-0.4, -0.2) is 67.5 Å². The molecular formula is C41H50O8SSi2. The zero-order chi connectivity index (χ0) is 37.2. The van der Waals surface area contributed by atoms with Gasteiger partial charge in [-0.05, 0) is 44.7 Å². The van der Waals surface area contributed by atoms with Crippen molar-refractivity contribution >= 4 is 47.8 Å². The first kappa shape index (κ1) is 37.3. The minimum atomic E-state index is -4.44. The number of hydrogen-bond acceptors (Lipinski definition) is 8. The molecule has 8 nitrogen and oxygen atoms in total. The first-order valence-corrected chi connectivity index (χ1v) is 23.2. The molecule has 0 bridgehead atoms. The van der Waals surface area contributed by atoms with Gasteiger partial charge in [0.2, 0.25) is 0 Å². The highest BCUT2D eigenvalue weighted by atomic mass is 32.3. The molecule has 2 heterocycles. The minimum Gasteiger partial charge on any atom is -0.399 e. The lowest BCUT2D eigenvalue weighted by atomic mass is 9.85. The van der Waals surface area contributed by atoms with E-state index in [0.717, 1.165) is 20.7 Å². The van der Waals surface area contributed by atoms with E-state index >= 15 is 0 Å². The molecular weight excluding hydrogens is 709 g/mol. The van der Waals surface area contributed by atoms with E-state index < -0.39 is 79.5 Å². The fourth-order valence-electron chi connectivity index (χ4n) is 8.65. The van der Waals surface area contributed by atoms with Crippen LogP contribution in [0.3, 0.4) is 0 Å². The van der Waals surface area contributed by atoms with Gasteiger partial charge >= 0.3 is 10.4 Å². The van der Waals surface area contributed by atoms with Gasteiger partial charge in [-0.25, -0.2) is 8.37 Å². The fourth-order valence-corrected chi connectivity index (χ4v) is 19.1. The van der Waals surface area contributed by atoms with E-state index in [1.54, 1.807) is 0 Å². The van der Waals surface area contributed by atoms with E-state index in [4.69, 9.17) is 26.7 Å². The third-order valence-electron chi connectivity index (χ3n) is 10.7. The Labute approximate surface area is 311 Å². The van der Waals surface area contributed by atoms with Crippen LogP contribution in [-0.2, 0) is 37.1 Å². The van der Waals surface area contributed by atoms with Gasteiger partial charge in [-0.2, -0.15) is 8.42 Å². The summed E-state index contributed by atoms with van der Waals surface area (Å²) in [5, 5.41) is 3.38. The molecule has 0 aromatic heterocycles. The molecule has 0 N–H and O–H groups in total. The molecule has 52 heavy (non-hydrogen) atoms. The number of benzene rings is 4. The van der Waals surface area contributed by atoms with Crippen LogP contribution in [0, 0.1) is 0 Å². The SMILES string of the molecule is CC1(C)O[C@H]2[C@H](O1)[C@H](O[Si](c1ccccc1)(c1ccccc1)C(C)(C)C)[C@@H]1OS(=O)(=O)O[C@H]1[C@H]2O[Si](c1ccccc1)(c1ccccc1)C(C)(C)C. The molecule has 4 aromatic rings. The second-order valence-corrected chi connectivity index (χ2v) is 26.3. The van der Waals surface area contributed by atoms with Crippen molar-refractivity contribution in [3.05, 3.63) is 121 Å². The zero-order valence-corrected chi connectivity index (χ0v) is 34.0. The molecule has 4 aromatic carbocycles. The largest absolute Gasteiger partial charge is 0.400 e. The topological polar surface area (TPSA) is 89.5 Å². The van der Waals surface area contributed by atoms with Gasteiger partial charge in [-0.15, -0.1) is 0 Å². The molecule has 0 unspecified atom stereocenters. The Morgan fingerprint density at radius 1 is 0.500 bits per heavy atom. The Bertz CT molecular complexity index is 1730. The van der Waals surface area contributed by atoms with Crippen molar-refractivity contribution in [3.8, 4) is 0 Å². The molecule has 1 saturated carbocycles. The fraction of sp³-hybridized carbons (Fsp3) is 0.415. The molecule has 0 spiro atoms. The average molecular weight is 759 g/mol. The first-order valence-electron chi connectivity index (χ1n) is 18.0. The molecule has 1 aliphatic carbocycles. The number of fused-ring (bicyclic) bond motifs is 2. The Morgan fingerprint density at radius 2 is 0.769 bits per heavy atom. The number of ether oxygens (including phenoxy) is 2. The van der Waals surface area contributed by atoms with E-state index in [0.29, 0.717) is 0 Å². The van der Waals surface area contributed by atoms with E-state index in [2.05, 4.69) is 90.1 Å². The van der Waals surface area contributed by atoms with Crippen LogP contribution < -0.4 is 20.7 Å². The Morgan fingerprint density at radius 3 is 1.02 bits per heavy atom. The lowest BCUT2D eigenvalue weighted by Crippen LogP contribution is -2.75. The average Bonchev–Trinajstić information content (AvgIpc) is 3.61. The standard InChI is InChI=1S/C41H50O8SSi2/c1-39(2,3)51(29-21-13-9-14-22-29,30-23-15-10-16-24-30)48-37-33-34(45-41(7,8)44-33)38(36-35(37)46-50(42,43)47-36)49-52(40(4,5)6,31-25-17-11-18-26-31)32-27-19-12-20-28-32/h9-28,33-38H,1-8H3/t33-,34-,35+,36+,37-,38-/m0/s1. The van der Waals surface area contributed by atoms with Gasteiger partial charge in [0.1, 0.15) is 36.6 Å². The summed E-state index contributed by atoms with van der Waals surface area (Å²) >= 11 is 0. The maximum atomic E-state index is 13.5. The highest BCUT2D eigenvalue weighted by Crippen LogP contribution is 2.49. The molecule has 276 valence electrons. The maximum Gasteiger partial charge on any atom is 0.400 e. The van der Waals surface area contributed by atoms with Crippen molar-refractivity contribution in [2.24, 2.45) is 0 Å². The second kappa shape index (κ2) is 13.4. The monoisotopic (exact) mass is 758 g/mol. The quantitative estimate of drug-likeness (QED) is 0.220. The van der Waals surface area contributed by atoms with Crippen LogP contribution in [0.1, 0.15) is 55.4 Å². The van der Waals surface area contributed by atoms with Crippen LogP contribution in [0.2, 0.25) is 10.1 Å². The highest BCUT2D eigenvalue weighted by Gasteiger charge is 2.68. The van der Waals surface area contributed by atoms with Gasteiger partial charge in [0.25, 0.3) is 16.6 Å². The molecule has 2 saturated heterocycles. The molecule has 3 fully saturated rings. The lowest BCUT2D eigenvalue weighted by molar-refractivity contribution is -0.157. The van der Waals surface area contributed by atoms with Crippen LogP contribution in [0.4, 0.5) is 0 Å². The van der Waals surface area contributed by atoms with Gasteiger partial charge in [-0.3, -0.25) is 0 Å². The molecule has 11 heteroatoms. The van der Waals surface area contributed by atoms with Crippen molar-refractivity contribution in [1.29, 1.82) is 0 Å². The summed E-state index contributed by atoms with van der Waals surface area (Å²) in [5.74, 6) is -1.03. The van der Waals surface area contributed by atoms with E-state index in [-0.39, 0.29) is 0 Å². The normalized spacial score (nSPS) is 27.2. The lowest BCUT2D eigenvalue weighted by Gasteiger charge is -2.52. The summed E-state index contributed by atoms with van der Waals surface area (Å²) < 4.78 is 67.9. The highest BCUT2D eigenvalue weighted by molar-refractivity contribution is 7.82. The summed E-state index contributed by atoms with van der Waals surface area (Å²) in [4.78, 5) is 0. The van der Waals surface area contributed by atoms with Gasteiger partial charge in [0.15, 0.2) is 5.79 Å². The van der Waals surface area contributed by atoms with Crippen LogP contribution in [0.15, 0.2) is 121 Å². The summed E-state index contributed by atoms with van der Waals surface area (Å²) in [7, 11) is -10.9. The molecule has 2 aliphatic heterocycles. The third kappa shape index (κ3) is 6.37. The summed E-state index contributed by atoms with van der Waals surface area (Å²) in [6.45, 7) is 16.9.